The fourth-order valence-corrected chi connectivity index (χ4v) is 7.13. The maximum atomic E-state index is 13.3. The molecule has 1 N–H and O–H groups in total. The van der Waals surface area contributed by atoms with Crippen molar-refractivity contribution in [2.75, 3.05) is 24.2 Å². The highest BCUT2D eigenvalue weighted by atomic mass is 32.2. The molecule has 2 aliphatic carbocycles. The number of nitrogens with one attached hydrogen (secondary N) is 1. The van der Waals surface area contributed by atoms with Gasteiger partial charge in [-0.3, -0.25) is 9.78 Å². The molecule has 7 rings (SSSR count). The van der Waals surface area contributed by atoms with Crippen LogP contribution >= 0.6 is 0 Å². The molecule has 1 amide bonds. The van der Waals surface area contributed by atoms with Crippen LogP contribution in [0.3, 0.4) is 0 Å². The zero-order valence-corrected chi connectivity index (χ0v) is 26.0. The molecule has 0 radical (unpaired) electrons. The lowest BCUT2D eigenvalue weighted by molar-refractivity contribution is -0.0488. The van der Waals surface area contributed by atoms with Gasteiger partial charge in [-0.1, -0.05) is 11.2 Å². The largest absolute Gasteiger partial charge is 0.593 e. The molecule has 3 aromatic heterocycles. The fourth-order valence-electron chi connectivity index (χ4n) is 6.77. The van der Waals surface area contributed by atoms with Crippen molar-refractivity contribution in [1.29, 1.82) is 0 Å². The minimum atomic E-state index is -3.08. The number of amides is 1. The molecule has 1 aromatic carbocycles. The Hall–Kier alpha value is -4.03. The number of aryl methyl sites for hydroxylation is 2. The van der Waals surface area contributed by atoms with Crippen LogP contribution in [-0.4, -0.2) is 51.5 Å². The second kappa shape index (κ2) is 11.4. The minimum absolute atomic E-state index is 0.0908. The van der Waals surface area contributed by atoms with Gasteiger partial charge in [0, 0.05) is 59.7 Å². The smallest absolute Gasteiger partial charge is 0.387 e. The predicted octanol–water partition coefficient (Wildman–Crippen LogP) is 6.48. The molecule has 1 saturated heterocycles. The summed E-state index contributed by atoms with van der Waals surface area (Å²) in [6.07, 6.45) is 12.6. The summed E-state index contributed by atoms with van der Waals surface area (Å²) in [4.78, 5) is 23.3. The third kappa shape index (κ3) is 5.65. The lowest BCUT2D eigenvalue weighted by Crippen LogP contribution is -2.42. The van der Waals surface area contributed by atoms with Gasteiger partial charge >= 0.3 is 12.5 Å². The summed E-state index contributed by atoms with van der Waals surface area (Å²) in [5, 5.41) is 4.96. The van der Waals surface area contributed by atoms with Gasteiger partial charge in [-0.25, -0.2) is 4.98 Å². The van der Waals surface area contributed by atoms with E-state index in [1.54, 1.807) is 12.1 Å². The van der Waals surface area contributed by atoms with Gasteiger partial charge in [-0.2, -0.15) is 13.5 Å². The van der Waals surface area contributed by atoms with Crippen molar-refractivity contribution < 1.29 is 27.4 Å². The molecule has 1 aliphatic heterocycles. The number of allylic oxidation sites excluding steroid dienone is 2. The standard InChI is InChI=1S/C33H33F2N5O4S/c1-18-16-36-17-19(2)27(18)29-28(30(44-38-29)20-4-5-20)21-14-33(15-21)8-10-40(11-9-33)22-6-7-24-23(12-22)26(43-32(34)35)13-25(37-24)31(41)39-45(3)42/h6-7,12-14,16-17,20,32H,4-5,8-11,15H2,1-3H3,(H,39,41). The molecule has 4 heterocycles. The van der Waals surface area contributed by atoms with Crippen molar-refractivity contribution in [1.82, 2.24) is 19.8 Å². The second-order valence-corrected chi connectivity index (χ2v) is 13.5. The van der Waals surface area contributed by atoms with E-state index in [1.165, 1.54) is 11.8 Å². The fraction of sp³-hybridized carbons (Fsp3) is 0.394. The lowest BCUT2D eigenvalue weighted by Gasteiger charge is -2.47. The molecule has 4 aromatic rings. The Balaban J connectivity index is 1.12. The molecular weight excluding hydrogens is 600 g/mol. The second-order valence-electron chi connectivity index (χ2n) is 12.4. The number of benzene rings is 1. The Kier molecular flexibility index (Phi) is 7.52. The van der Waals surface area contributed by atoms with Crippen LogP contribution in [0, 0.1) is 19.3 Å². The zero-order valence-electron chi connectivity index (χ0n) is 25.2. The summed E-state index contributed by atoms with van der Waals surface area (Å²) in [5.41, 5.74) is 7.79. The Morgan fingerprint density at radius 2 is 1.87 bits per heavy atom. The van der Waals surface area contributed by atoms with Gasteiger partial charge in [0.1, 0.15) is 29.2 Å². The molecule has 234 valence electrons. The van der Waals surface area contributed by atoms with E-state index in [2.05, 4.69) is 44.7 Å². The number of hydrogen-bond acceptors (Lipinski definition) is 8. The Morgan fingerprint density at radius 3 is 2.51 bits per heavy atom. The third-order valence-corrected chi connectivity index (χ3v) is 9.61. The molecule has 0 bridgehead atoms. The van der Waals surface area contributed by atoms with Crippen LogP contribution in [0.4, 0.5) is 14.5 Å². The van der Waals surface area contributed by atoms with E-state index in [9.17, 15) is 18.1 Å². The Labute approximate surface area is 262 Å². The first-order valence-corrected chi connectivity index (χ1v) is 16.6. The Bertz CT molecular complexity index is 1810. The van der Waals surface area contributed by atoms with Crippen LogP contribution < -0.4 is 14.4 Å². The summed E-state index contributed by atoms with van der Waals surface area (Å²) < 4.78 is 51.1. The maximum Gasteiger partial charge on any atom is 0.387 e. The first kappa shape index (κ1) is 29.7. The number of anilines is 1. The van der Waals surface area contributed by atoms with Crippen LogP contribution in [0.5, 0.6) is 5.75 Å². The number of pyridine rings is 2. The number of alkyl halides is 2. The molecule has 2 fully saturated rings. The van der Waals surface area contributed by atoms with Gasteiger partial charge in [0.2, 0.25) is 0 Å². The summed E-state index contributed by atoms with van der Waals surface area (Å²) in [7, 11) is 0. The van der Waals surface area contributed by atoms with Gasteiger partial charge in [0.05, 0.1) is 16.9 Å². The molecule has 3 aliphatic rings. The number of fused-ring (bicyclic) bond motifs is 1. The molecule has 45 heavy (non-hydrogen) atoms. The van der Waals surface area contributed by atoms with Gasteiger partial charge in [-0.05, 0) is 86.3 Å². The van der Waals surface area contributed by atoms with Crippen molar-refractivity contribution in [3.8, 4) is 17.0 Å². The van der Waals surface area contributed by atoms with E-state index in [-0.39, 0.29) is 16.9 Å². The van der Waals surface area contributed by atoms with E-state index in [0.717, 1.165) is 90.7 Å². The number of rotatable bonds is 8. The molecular formula is C33H33F2N5O4S. The zero-order chi connectivity index (χ0) is 31.5. The van der Waals surface area contributed by atoms with Crippen molar-refractivity contribution in [2.24, 2.45) is 5.41 Å². The number of carbonyl (C=O) groups is 1. The van der Waals surface area contributed by atoms with Crippen LogP contribution in [-0.2, 0) is 11.4 Å². The highest BCUT2D eigenvalue weighted by Gasteiger charge is 2.44. The first-order chi connectivity index (χ1) is 21.6. The van der Waals surface area contributed by atoms with Crippen LogP contribution in [0.15, 0.2) is 47.3 Å². The average Bonchev–Trinajstić information content (AvgIpc) is 3.74. The number of carbonyl (C=O) groups excluding carboxylic acids is 1. The highest BCUT2D eigenvalue weighted by molar-refractivity contribution is 7.89. The molecule has 1 atom stereocenters. The topological polar surface area (TPSA) is 116 Å². The summed E-state index contributed by atoms with van der Waals surface area (Å²) in [5.74, 6) is 0.558. The van der Waals surface area contributed by atoms with Crippen LogP contribution in [0.25, 0.3) is 27.7 Å². The van der Waals surface area contributed by atoms with E-state index in [0.29, 0.717) is 16.8 Å². The van der Waals surface area contributed by atoms with Gasteiger partial charge in [0.25, 0.3) is 0 Å². The number of aromatic nitrogens is 3. The van der Waals surface area contributed by atoms with Gasteiger partial charge in [0.15, 0.2) is 0 Å². The van der Waals surface area contributed by atoms with Crippen molar-refractivity contribution in [3.63, 3.8) is 0 Å². The molecule has 9 nitrogen and oxygen atoms in total. The minimum Gasteiger partial charge on any atom is -0.593 e. The molecule has 1 spiro atoms. The van der Waals surface area contributed by atoms with E-state index in [4.69, 9.17) is 9.26 Å². The lowest BCUT2D eigenvalue weighted by atomic mass is 9.63. The van der Waals surface area contributed by atoms with Crippen LogP contribution in [0.2, 0.25) is 0 Å². The number of nitrogens with zero attached hydrogens (tertiary/aromatic N) is 4. The average molecular weight is 634 g/mol. The monoisotopic (exact) mass is 633 g/mol. The van der Waals surface area contributed by atoms with E-state index in [1.807, 2.05) is 18.5 Å². The molecule has 1 unspecified atom stereocenters. The summed E-state index contributed by atoms with van der Waals surface area (Å²) in [6.45, 7) is 2.64. The number of piperidine rings is 1. The number of halogens is 2. The van der Waals surface area contributed by atoms with Gasteiger partial charge in [-0.15, -0.1) is 0 Å². The normalized spacial score (nSPS) is 18.2. The van der Waals surface area contributed by atoms with Crippen LogP contribution in [0.1, 0.15) is 71.0 Å². The van der Waals surface area contributed by atoms with Gasteiger partial charge < -0.3 is 18.7 Å². The summed E-state index contributed by atoms with van der Waals surface area (Å²) >= 11 is -1.63. The highest BCUT2D eigenvalue weighted by Crippen LogP contribution is 2.56. The molecule has 12 heteroatoms. The van der Waals surface area contributed by atoms with E-state index < -0.39 is 23.9 Å². The van der Waals surface area contributed by atoms with E-state index >= 15 is 0 Å². The summed E-state index contributed by atoms with van der Waals surface area (Å²) in [6, 6.07) is 6.52. The Morgan fingerprint density at radius 1 is 1.16 bits per heavy atom. The first-order valence-electron chi connectivity index (χ1n) is 15.0. The quantitative estimate of drug-likeness (QED) is 0.219. The predicted molar refractivity (Wildman–Crippen MR) is 168 cm³/mol. The van der Waals surface area contributed by atoms with Crippen molar-refractivity contribution in [2.45, 2.75) is 58.5 Å². The number of hydrogen-bond donors (Lipinski definition) is 1. The number of ether oxygens (including phenoxy) is 1. The molecule has 1 saturated carbocycles. The van der Waals surface area contributed by atoms with Crippen molar-refractivity contribution >= 4 is 39.4 Å². The SMILES string of the molecule is Cc1cncc(C)c1-c1noc(C2CC2)c1C1=CC2(CCN(c3ccc4nc(C(=O)N[S+](C)[O-])cc(OC(F)F)c4c3)CC2)C1. The van der Waals surface area contributed by atoms with Crippen molar-refractivity contribution in [3.05, 3.63) is 70.9 Å². The third-order valence-electron chi connectivity index (χ3n) is 9.14. The maximum absolute atomic E-state index is 13.3.